The number of ether oxygens (including phenoxy) is 1. The van der Waals surface area contributed by atoms with Gasteiger partial charge in [0.05, 0.1) is 18.8 Å². The Morgan fingerprint density at radius 2 is 2.00 bits per heavy atom. The molecule has 2 unspecified atom stereocenters. The van der Waals surface area contributed by atoms with Crippen LogP contribution < -0.4 is 0 Å². The minimum absolute atomic E-state index is 0.0731. The first-order valence-electron chi connectivity index (χ1n) is 6.40. The summed E-state index contributed by atoms with van der Waals surface area (Å²) in [5, 5.41) is 0. The Hall–Kier alpha value is -0.390. The summed E-state index contributed by atoms with van der Waals surface area (Å²) in [5.41, 5.74) is 0.703. The largest absolute Gasteiger partial charge is 0.375 e. The molecule has 2 rings (SSSR count). The van der Waals surface area contributed by atoms with E-state index in [-0.39, 0.29) is 18.1 Å². The Morgan fingerprint density at radius 3 is 2.58 bits per heavy atom. The first-order chi connectivity index (χ1) is 9.01. The van der Waals surface area contributed by atoms with Gasteiger partial charge in [-0.1, -0.05) is 38.8 Å². The molecule has 1 aliphatic heterocycles. The molecule has 1 saturated heterocycles. The number of carbonyl (C=O) groups is 1. The summed E-state index contributed by atoms with van der Waals surface area (Å²) in [7, 11) is 0. The van der Waals surface area contributed by atoms with Crippen LogP contribution in [0.4, 0.5) is 0 Å². The van der Waals surface area contributed by atoms with Gasteiger partial charge in [0.2, 0.25) is 0 Å². The summed E-state index contributed by atoms with van der Waals surface area (Å²) in [6.07, 6.45) is 1.01. The van der Waals surface area contributed by atoms with Crippen LogP contribution in [-0.2, 0) is 4.74 Å². The second-order valence-electron chi connectivity index (χ2n) is 4.82. The van der Waals surface area contributed by atoms with Crippen molar-refractivity contribution in [3.8, 4) is 0 Å². The number of nitrogens with zero attached hydrogens (tertiary/aromatic N) is 1. The fraction of sp³-hybridized carbons (Fsp3) is 0.500. The van der Waals surface area contributed by atoms with E-state index in [1.54, 1.807) is 0 Å². The number of carbonyl (C=O) groups excluding carboxylic acids is 1. The van der Waals surface area contributed by atoms with Crippen molar-refractivity contribution in [1.29, 1.82) is 0 Å². The molecule has 0 saturated carbocycles. The molecule has 0 bridgehead atoms. The third-order valence-electron chi connectivity index (χ3n) is 3.31. The van der Waals surface area contributed by atoms with E-state index in [9.17, 15) is 4.79 Å². The van der Waals surface area contributed by atoms with Gasteiger partial charge in [0.15, 0.2) is 0 Å². The molecule has 1 aromatic rings. The summed E-state index contributed by atoms with van der Waals surface area (Å²) in [6, 6.07) is 5.82. The molecule has 1 aromatic carbocycles. The maximum atomic E-state index is 12.6. The zero-order chi connectivity index (χ0) is 14.0. The highest BCUT2D eigenvalue weighted by atomic mass is 79.9. The molecule has 1 heterocycles. The van der Waals surface area contributed by atoms with Crippen LogP contribution in [0.25, 0.3) is 0 Å². The molecule has 1 amide bonds. The summed E-state index contributed by atoms with van der Waals surface area (Å²) >= 11 is 6.85. The molecule has 5 heteroatoms. The lowest BCUT2D eigenvalue weighted by Gasteiger charge is -2.38. The first kappa shape index (κ1) is 15.0. The molecule has 0 radical (unpaired) electrons. The SMILES string of the molecule is CCC1COC(C)CN1C(=O)c1cc(Br)cc(Br)c1. The van der Waals surface area contributed by atoms with E-state index in [2.05, 4.69) is 38.8 Å². The Balaban J connectivity index is 2.25. The van der Waals surface area contributed by atoms with Crippen molar-refractivity contribution in [2.24, 2.45) is 0 Å². The van der Waals surface area contributed by atoms with Gasteiger partial charge >= 0.3 is 0 Å². The zero-order valence-corrected chi connectivity index (χ0v) is 14.2. The second-order valence-corrected chi connectivity index (χ2v) is 6.65. The fourth-order valence-corrected chi connectivity index (χ4v) is 3.57. The molecule has 0 spiro atoms. The molecule has 0 aliphatic carbocycles. The van der Waals surface area contributed by atoms with E-state index in [1.165, 1.54) is 0 Å². The van der Waals surface area contributed by atoms with E-state index in [1.807, 2.05) is 30.0 Å². The molecule has 19 heavy (non-hydrogen) atoms. The second kappa shape index (κ2) is 6.37. The van der Waals surface area contributed by atoms with Crippen molar-refractivity contribution in [2.75, 3.05) is 13.2 Å². The van der Waals surface area contributed by atoms with E-state index < -0.39 is 0 Å². The van der Waals surface area contributed by atoms with Crippen LogP contribution >= 0.6 is 31.9 Å². The standard InChI is InChI=1S/C14H17Br2NO2/c1-3-13-8-19-9(2)7-17(13)14(18)10-4-11(15)6-12(16)5-10/h4-6,9,13H,3,7-8H2,1-2H3. The van der Waals surface area contributed by atoms with E-state index in [0.29, 0.717) is 18.7 Å². The van der Waals surface area contributed by atoms with Gasteiger partial charge in [-0.25, -0.2) is 0 Å². The molecule has 0 N–H and O–H groups in total. The number of halogens is 2. The molecule has 3 nitrogen and oxygen atoms in total. The molecule has 2 atom stereocenters. The zero-order valence-electron chi connectivity index (χ0n) is 11.0. The predicted molar refractivity (Wildman–Crippen MR) is 82.4 cm³/mol. The molecule has 1 fully saturated rings. The molecule has 0 aromatic heterocycles. The smallest absolute Gasteiger partial charge is 0.254 e. The Kier molecular flexibility index (Phi) is 5.03. The predicted octanol–water partition coefficient (Wildman–Crippen LogP) is 3.85. The van der Waals surface area contributed by atoms with Gasteiger partial charge in [0.25, 0.3) is 5.91 Å². The van der Waals surface area contributed by atoms with E-state index in [4.69, 9.17) is 4.74 Å². The third kappa shape index (κ3) is 3.58. The van der Waals surface area contributed by atoms with Gasteiger partial charge in [-0.05, 0) is 31.5 Å². The summed E-state index contributed by atoms with van der Waals surface area (Å²) < 4.78 is 7.44. The third-order valence-corrected chi connectivity index (χ3v) is 4.23. The average molecular weight is 391 g/mol. The minimum Gasteiger partial charge on any atom is -0.375 e. The highest BCUT2D eigenvalue weighted by Crippen LogP contribution is 2.23. The van der Waals surface area contributed by atoms with E-state index in [0.717, 1.165) is 15.4 Å². The highest BCUT2D eigenvalue weighted by Gasteiger charge is 2.30. The van der Waals surface area contributed by atoms with Gasteiger partial charge in [-0.3, -0.25) is 4.79 Å². The van der Waals surface area contributed by atoms with Crippen molar-refractivity contribution < 1.29 is 9.53 Å². The van der Waals surface area contributed by atoms with Crippen LogP contribution in [0.1, 0.15) is 30.6 Å². The summed E-state index contributed by atoms with van der Waals surface area (Å²) in [5.74, 6) is 0.0731. The quantitative estimate of drug-likeness (QED) is 0.767. The maximum Gasteiger partial charge on any atom is 0.254 e. The van der Waals surface area contributed by atoms with Crippen molar-refractivity contribution in [2.45, 2.75) is 32.4 Å². The number of benzene rings is 1. The number of amides is 1. The monoisotopic (exact) mass is 389 g/mol. The number of rotatable bonds is 2. The number of hydrogen-bond donors (Lipinski definition) is 0. The van der Waals surface area contributed by atoms with Crippen LogP contribution in [-0.4, -0.2) is 36.1 Å². The van der Waals surface area contributed by atoms with Gasteiger partial charge < -0.3 is 9.64 Å². The van der Waals surface area contributed by atoms with Gasteiger partial charge in [-0.2, -0.15) is 0 Å². The fourth-order valence-electron chi connectivity index (χ4n) is 2.27. The Bertz CT molecular complexity index is 458. The van der Waals surface area contributed by atoms with Crippen molar-refractivity contribution in [3.63, 3.8) is 0 Å². The Morgan fingerprint density at radius 1 is 1.37 bits per heavy atom. The lowest BCUT2D eigenvalue weighted by Crippen LogP contribution is -2.51. The number of morpholine rings is 1. The van der Waals surface area contributed by atoms with E-state index >= 15 is 0 Å². The topological polar surface area (TPSA) is 29.5 Å². The van der Waals surface area contributed by atoms with Crippen molar-refractivity contribution in [3.05, 3.63) is 32.7 Å². The van der Waals surface area contributed by atoms with Crippen LogP contribution in [0.2, 0.25) is 0 Å². The molecule has 1 aliphatic rings. The van der Waals surface area contributed by atoms with Crippen LogP contribution in [0, 0.1) is 0 Å². The first-order valence-corrected chi connectivity index (χ1v) is 7.98. The Labute approximate surface area is 130 Å². The van der Waals surface area contributed by atoms with Crippen LogP contribution in [0.5, 0.6) is 0 Å². The van der Waals surface area contributed by atoms with Crippen molar-refractivity contribution in [1.82, 2.24) is 4.90 Å². The van der Waals surface area contributed by atoms with Gasteiger partial charge in [0.1, 0.15) is 0 Å². The maximum absolute atomic E-state index is 12.6. The molecular weight excluding hydrogens is 374 g/mol. The number of hydrogen-bond acceptors (Lipinski definition) is 2. The van der Waals surface area contributed by atoms with Gasteiger partial charge in [0, 0.05) is 21.1 Å². The highest BCUT2D eigenvalue weighted by molar-refractivity contribution is 9.11. The summed E-state index contributed by atoms with van der Waals surface area (Å²) in [6.45, 7) is 5.37. The lowest BCUT2D eigenvalue weighted by molar-refractivity contribution is -0.0444. The average Bonchev–Trinajstić information content (AvgIpc) is 2.36. The van der Waals surface area contributed by atoms with Crippen molar-refractivity contribution >= 4 is 37.8 Å². The molecular formula is C14H17Br2NO2. The van der Waals surface area contributed by atoms with Crippen LogP contribution in [0.15, 0.2) is 27.1 Å². The summed E-state index contributed by atoms with van der Waals surface area (Å²) in [4.78, 5) is 14.6. The molecule has 104 valence electrons. The minimum atomic E-state index is 0.0731. The van der Waals surface area contributed by atoms with Gasteiger partial charge in [-0.15, -0.1) is 0 Å². The lowest BCUT2D eigenvalue weighted by atomic mass is 10.1. The normalized spacial score (nSPS) is 23.5. The van der Waals surface area contributed by atoms with Crippen LogP contribution in [0.3, 0.4) is 0 Å².